The SMILES string of the molecule is c1ccc(B2[C-](c3ccccc3)[C-](c3ccccc3)[C-](c3ccccc3)[C-]2c2ccccc2)cc1. The normalized spacial score (nSPS) is 13.4. The van der Waals surface area contributed by atoms with E-state index in [9.17, 15) is 0 Å². The fourth-order valence-corrected chi connectivity index (χ4v) is 5.35. The zero-order chi connectivity index (χ0) is 23.5. The number of hydrogen-bond donors (Lipinski definition) is 0. The van der Waals surface area contributed by atoms with Gasteiger partial charge in [-0.05, 0) is 0 Å². The zero-order valence-corrected chi connectivity index (χ0v) is 19.5. The largest absolute Gasteiger partial charge is 0.247 e. The molecule has 0 bridgehead atoms. The molecule has 0 nitrogen and oxygen atoms in total. The highest BCUT2D eigenvalue weighted by molar-refractivity contribution is 6.87. The molecule has 5 aromatic carbocycles. The molecule has 1 aliphatic rings. The summed E-state index contributed by atoms with van der Waals surface area (Å²) in [6.45, 7) is 0.117. The van der Waals surface area contributed by atoms with Crippen molar-refractivity contribution in [3.63, 3.8) is 0 Å². The van der Waals surface area contributed by atoms with Crippen LogP contribution in [0.4, 0.5) is 0 Å². The highest BCUT2D eigenvalue weighted by Gasteiger charge is 2.37. The second-order valence-electron chi connectivity index (χ2n) is 8.89. The third kappa shape index (κ3) is 3.96. The average Bonchev–Trinajstić information content (AvgIpc) is 3.32. The van der Waals surface area contributed by atoms with Gasteiger partial charge < -0.3 is 0 Å². The van der Waals surface area contributed by atoms with E-state index in [0.717, 1.165) is 0 Å². The van der Waals surface area contributed by atoms with Gasteiger partial charge in [0.2, 0.25) is 0 Å². The van der Waals surface area contributed by atoms with Crippen LogP contribution in [0.25, 0.3) is 0 Å². The molecular weight excluding hydrogens is 419 g/mol. The van der Waals surface area contributed by atoms with E-state index >= 15 is 0 Å². The van der Waals surface area contributed by atoms with E-state index < -0.39 is 0 Å². The summed E-state index contributed by atoms with van der Waals surface area (Å²) in [5.74, 6) is 5.35. The van der Waals surface area contributed by atoms with Crippen LogP contribution >= 0.6 is 0 Å². The van der Waals surface area contributed by atoms with Crippen LogP contribution in [0, 0.1) is 23.5 Å². The van der Waals surface area contributed by atoms with Crippen LogP contribution in [-0.2, 0) is 0 Å². The molecule has 0 N–H and O–H groups in total. The van der Waals surface area contributed by atoms with E-state index in [1.165, 1.54) is 51.2 Å². The van der Waals surface area contributed by atoms with Gasteiger partial charge in [-0.15, -0.1) is 54.0 Å². The average molecular weight is 444 g/mol. The Morgan fingerprint density at radius 1 is 0.314 bits per heavy atom. The highest BCUT2D eigenvalue weighted by atomic mass is 14.4. The molecule has 0 unspecified atom stereocenters. The maximum absolute atomic E-state index is 2.27. The fraction of sp³-hybridized carbons (Fsp3) is 0. The van der Waals surface area contributed by atoms with Gasteiger partial charge in [0.1, 0.15) is 0 Å². The van der Waals surface area contributed by atoms with E-state index in [2.05, 4.69) is 152 Å². The molecule has 0 aromatic heterocycles. The van der Waals surface area contributed by atoms with Crippen molar-refractivity contribution < 1.29 is 0 Å². The number of hydrogen-bond acceptors (Lipinski definition) is 0. The van der Waals surface area contributed by atoms with E-state index in [0.29, 0.717) is 0 Å². The lowest BCUT2D eigenvalue weighted by Crippen LogP contribution is -2.40. The Kier molecular flexibility index (Phi) is 5.74. The van der Waals surface area contributed by atoms with Gasteiger partial charge in [-0.1, -0.05) is 54.6 Å². The lowest BCUT2D eigenvalue weighted by molar-refractivity contribution is 1.06. The van der Waals surface area contributed by atoms with Crippen molar-refractivity contribution in [2.24, 2.45) is 0 Å². The summed E-state index contributed by atoms with van der Waals surface area (Å²) in [5.41, 5.74) is 6.33. The van der Waals surface area contributed by atoms with E-state index in [4.69, 9.17) is 0 Å². The van der Waals surface area contributed by atoms with Gasteiger partial charge in [-0.25, -0.2) is 45.7 Å². The van der Waals surface area contributed by atoms with Crippen LogP contribution in [0.3, 0.4) is 0 Å². The summed E-state index contributed by atoms with van der Waals surface area (Å²) in [7, 11) is 0. The number of benzene rings is 5. The topological polar surface area (TPSA) is 0 Å². The van der Waals surface area contributed by atoms with Gasteiger partial charge in [0, 0.05) is 0 Å². The first-order valence-corrected chi connectivity index (χ1v) is 12.2. The lowest BCUT2D eigenvalue weighted by Gasteiger charge is -2.49. The maximum Gasteiger partial charge on any atom is 0.0794 e. The summed E-state index contributed by atoms with van der Waals surface area (Å²) in [6, 6.07) is 54.5. The predicted octanol–water partition coefficient (Wildman–Crippen LogP) is 6.97. The Bertz CT molecular complexity index is 1070. The molecule has 0 atom stereocenters. The summed E-state index contributed by atoms with van der Waals surface area (Å²) < 4.78 is 0. The minimum atomic E-state index is 0.117. The molecule has 1 heterocycles. The van der Waals surface area contributed by atoms with E-state index in [-0.39, 0.29) is 6.71 Å². The van der Waals surface area contributed by atoms with Gasteiger partial charge in [0.15, 0.2) is 0 Å². The van der Waals surface area contributed by atoms with Crippen molar-refractivity contribution in [2.45, 2.75) is 0 Å². The van der Waals surface area contributed by atoms with Gasteiger partial charge >= 0.3 is 0 Å². The first kappa shape index (κ1) is 21.2. The van der Waals surface area contributed by atoms with Crippen molar-refractivity contribution in [1.29, 1.82) is 0 Å². The van der Waals surface area contributed by atoms with Crippen LogP contribution in [0.5, 0.6) is 0 Å². The second-order valence-corrected chi connectivity index (χ2v) is 8.89. The molecule has 1 heteroatoms. The van der Waals surface area contributed by atoms with Crippen molar-refractivity contribution in [3.8, 4) is 0 Å². The summed E-state index contributed by atoms with van der Waals surface area (Å²) >= 11 is 0. The van der Waals surface area contributed by atoms with Crippen LogP contribution in [0.15, 0.2) is 152 Å². The fourth-order valence-electron chi connectivity index (χ4n) is 5.35. The third-order valence-electron chi connectivity index (χ3n) is 6.79. The first-order chi connectivity index (χ1) is 17.4. The monoisotopic (exact) mass is 444 g/mol. The second kappa shape index (κ2) is 9.48. The molecule has 6 rings (SSSR count). The van der Waals surface area contributed by atoms with Crippen LogP contribution in [-0.4, -0.2) is 6.71 Å². The highest BCUT2D eigenvalue weighted by Crippen LogP contribution is 2.57. The Morgan fingerprint density at radius 2 is 0.600 bits per heavy atom. The van der Waals surface area contributed by atoms with E-state index in [1.54, 1.807) is 0 Å². The molecule has 1 saturated heterocycles. The molecule has 0 saturated carbocycles. The Labute approximate surface area is 209 Å². The standard InChI is InChI=1S/C34H25B/c1-6-16-26(17-7-1)31-32(27-18-8-2-9-19-27)34(29-22-12-4-13-23-29)35(30-24-14-5-15-25-30)33(31)28-20-10-3-11-21-28/h1-25H/q-4. The molecular formula is C34H25B-4. The third-order valence-corrected chi connectivity index (χ3v) is 6.79. The minimum Gasteiger partial charge on any atom is -0.247 e. The Balaban J connectivity index is 1.66. The van der Waals surface area contributed by atoms with Gasteiger partial charge in [0.05, 0.1) is 6.71 Å². The maximum atomic E-state index is 2.27. The van der Waals surface area contributed by atoms with Crippen molar-refractivity contribution in [3.05, 3.63) is 197 Å². The van der Waals surface area contributed by atoms with Gasteiger partial charge in [-0.3, -0.25) is 0 Å². The zero-order valence-electron chi connectivity index (χ0n) is 19.5. The minimum absolute atomic E-state index is 0.117. The molecule has 168 valence electrons. The molecule has 1 aliphatic heterocycles. The summed E-state index contributed by atoms with van der Waals surface area (Å²) in [5, 5.41) is 0. The van der Waals surface area contributed by atoms with Gasteiger partial charge in [-0.2, -0.15) is 48.5 Å². The molecule has 35 heavy (non-hydrogen) atoms. The Morgan fingerprint density at radius 3 is 0.943 bits per heavy atom. The molecule has 1 fully saturated rings. The predicted molar refractivity (Wildman–Crippen MR) is 147 cm³/mol. The van der Waals surface area contributed by atoms with E-state index in [1.807, 2.05) is 0 Å². The van der Waals surface area contributed by atoms with Crippen molar-refractivity contribution in [2.75, 3.05) is 0 Å². The van der Waals surface area contributed by atoms with Crippen LogP contribution in [0.1, 0.15) is 22.3 Å². The van der Waals surface area contributed by atoms with Crippen LogP contribution < -0.4 is 5.46 Å². The molecule has 0 spiro atoms. The number of rotatable bonds is 5. The van der Waals surface area contributed by atoms with Gasteiger partial charge in [0.25, 0.3) is 0 Å². The van der Waals surface area contributed by atoms with Crippen molar-refractivity contribution in [1.82, 2.24) is 0 Å². The van der Waals surface area contributed by atoms with Crippen molar-refractivity contribution >= 4 is 12.2 Å². The van der Waals surface area contributed by atoms with Crippen LogP contribution in [0.2, 0.25) is 0 Å². The quantitative estimate of drug-likeness (QED) is 0.203. The summed E-state index contributed by atoms with van der Waals surface area (Å²) in [4.78, 5) is 0. The molecule has 0 aliphatic carbocycles. The first-order valence-electron chi connectivity index (χ1n) is 12.2. The lowest BCUT2D eigenvalue weighted by atomic mass is 9.31. The smallest absolute Gasteiger partial charge is 0.0794 e. The molecule has 0 radical (unpaired) electrons. The molecule has 0 amide bonds. The summed E-state index contributed by atoms with van der Waals surface area (Å²) in [6.07, 6.45) is 0. The molecule has 5 aromatic rings. The Hall–Kier alpha value is -4.36.